The molecule has 0 bridgehead atoms. The molecular weight excluding hydrogens is 613 g/mol. The Labute approximate surface area is 286 Å². The lowest BCUT2D eigenvalue weighted by Gasteiger charge is -2.26. The van der Waals surface area contributed by atoms with Gasteiger partial charge in [-0.25, -0.2) is 0 Å². The first-order chi connectivity index (χ1) is 24.8. The third kappa shape index (κ3) is 3.76. The molecule has 0 aliphatic carbocycles. The lowest BCUT2D eigenvalue weighted by molar-refractivity contribution is 0.667. The molecule has 0 amide bonds. The third-order valence-corrected chi connectivity index (χ3v) is 10.2. The van der Waals surface area contributed by atoms with E-state index in [0.717, 1.165) is 93.8 Å². The number of benzene rings is 8. The molecule has 0 radical (unpaired) electrons. The zero-order chi connectivity index (χ0) is 32.8. The number of fused-ring (bicyclic) bond motifs is 11. The predicted octanol–water partition coefficient (Wildman–Crippen LogP) is 13.2. The van der Waals surface area contributed by atoms with Gasteiger partial charge in [-0.2, -0.15) is 0 Å². The van der Waals surface area contributed by atoms with Crippen LogP contribution in [-0.2, 0) is 0 Å². The minimum atomic E-state index is 0.829. The molecule has 11 rings (SSSR count). The fourth-order valence-corrected chi connectivity index (χ4v) is 8.03. The van der Waals surface area contributed by atoms with Crippen LogP contribution in [0.15, 0.2) is 179 Å². The minimum Gasteiger partial charge on any atom is -0.454 e. The van der Waals surface area contributed by atoms with Crippen molar-refractivity contribution in [2.45, 2.75) is 0 Å². The van der Waals surface area contributed by atoms with E-state index >= 15 is 0 Å². The average Bonchev–Trinajstić information content (AvgIpc) is 3.86. The van der Waals surface area contributed by atoms with Gasteiger partial charge in [0.15, 0.2) is 11.2 Å². The van der Waals surface area contributed by atoms with E-state index in [1.54, 1.807) is 0 Å². The van der Waals surface area contributed by atoms with E-state index in [1.165, 1.54) is 5.39 Å². The summed E-state index contributed by atoms with van der Waals surface area (Å²) >= 11 is 0. The van der Waals surface area contributed by atoms with Crippen molar-refractivity contribution in [3.63, 3.8) is 0 Å². The van der Waals surface area contributed by atoms with Crippen molar-refractivity contribution in [1.82, 2.24) is 4.57 Å². The largest absolute Gasteiger partial charge is 0.454 e. The molecule has 0 N–H and O–H groups in total. The van der Waals surface area contributed by atoms with Gasteiger partial charge in [-0.05, 0) is 60.0 Å². The van der Waals surface area contributed by atoms with Crippen LogP contribution in [0.5, 0.6) is 0 Å². The molecule has 4 nitrogen and oxygen atoms in total. The number of para-hydroxylation sites is 5. The molecule has 0 aliphatic rings. The first-order valence-electron chi connectivity index (χ1n) is 16.9. The SMILES string of the molecule is c1ccc(-n2c3ccccc3c3c(N(c4cccc5c4oc4ccccc45)c4cccc5c4oc4c6ccccc6ccc54)cccc32)cc1. The van der Waals surface area contributed by atoms with Gasteiger partial charge in [-0.1, -0.05) is 115 Å². The van der Waals surface area contributed by atoms with Crippen LogP contribution in [0.1, 0.15) is 0 Å². The van der Waals surface area contributed by atoms with Gasteiger partial charge in [-0.15, -0.1) is 0 Å². The lowest BCUT2D eigenvalue weighted by atomic mass is 10.0. The summed E-state index contributed by atoms with van der Waals surface area (Å²) < 4.78 is 16.1. The molecule has 0 fully saturated rings. The highest BCUT2D eigenvalue weighted by molar-refractivity contribution is 6.21. The molecule has 3 heterocycles. The molecule has 8 aromatic carbocycles. The molecule has 0 unspecified atom stereocenters. The number of hydrogen-bond acceptors (Lipinski definition) is 3. The molecule has 0 saturated carbocycles. The van der Waals surface area contributed by atoms with E-state index in [0.29, 0.717) is 0 Å². The van der Waals surface area contributed by atoms with Crippen LogP contribution < -0.4 is 4.90 Å². The van der Waals surface area contributed by atoms with Crippen LogP contribution in [0.25, 0.3) is 82.1 Å². The first-order valence-corrected chi connectivity index (χ1v) is 16.9. The maximum Gasteiger partial charge on any atom is 0.159 e. The molecule has 4 heteroatoms. The Morgan fingerprint density at radius 2 is 0.940 bits per heavy atom. The lowest BCUT2D eigenvalue weighted by Crippen LogP contribution is -2.11. The second kappa shape index (κ2) is 10.4. The van der Waals surface area contributed by atoms with E-state index in [-0.39, 0.29) is 0 Å². The summed E-state index contributed by atoms with van der Waals surface area (Å²) in [4.78, 5) is 2.35. The van der Waals surface area contributed by atoms with E-state index < -0.39 is 0 Å². The highest BCUT2D eigenvalue weighted by Gasteiger charge is 2.26. The average molecular weight is 641 g/mol. The van der Waals surface area contributed by atoms with Crippen LogP contribution in [0.3, 0.4) is 0 Å². The third-order valence-electron chi connectivity index (χ3n) is 10.2. The molecule has 0 spiro atoms. The summed E-state index contributed by atoms with van der Waals surface area (Å²) in [5.41, 5.74) is 9.74. The number of aromatic nitrogens is 1. The second-order valence-corrected chi connectivity index (χ2v) is 12.9. The summed E-state index contributed by atoms with van der Waals surface area (Å²) in [6.45, 7) is 0. The quantitative estimate of drug-likeness (QED) is 0.192. The minimum absolute atomic E-state index is 0.829. The molecule has 0 saturated heterocycles. The zero-order valence-electron chi connectivity index (χ0n) is 26.9. The summed E-state index contributed by atoms with van der Waals surface area (Å²) in [6, 6.07) is 59.9. The molecule has 0 atom stereocenters. The topological polar surface area (TPSA) is 34.5 Å². The van der Waals surface area contributed by atoms with Crippen LogP contribution in [0.2, 0.25) is 0 Å². The van der Waals surface area contributed by atoms with Gasteiger partial charge in [0.2, 0.25) is 0 Å². The van der Waals surface area contributed by atoms with E-state index in [1.807, 2.05) is 12.1 Å². The van der Waals surface area contributed by atoms with E-state index in [2.05, 4.69) is 167 Å². The van der Waals surface area contributed by atoms with Crippen molar-refractivity contribution < 1.29 is 8.83 Å². The van der Waals surface area contributed by atoms with Crippen molar-refractivity contribution in [3.05, 3.63) is 170 Å². The van der Waals surface area contributed by atoms with Gasteiger partial charge >= 0.3 is 0 Å². The van der Waals surface area contributed by atoms with Gasteiger partial charge < -0.3 is 18.3 Å². The Morgan fingerprint density at radius 3 is 1.78 bits per heavy atom. The smallest absolute Gasteiger partial charge is 0.159 e. The van der Waals surface area contributed by atoms with Gasteiger partial charge in [0.1, 0.15) is 11.2 Å². The summed E-state index contributed by atoms with van der Waals surface area (Å²) in [7, 11) is 0. The van der Waals surface area contributed by atoms with Crippen LogP contribution in [0, 0.1) is 0 Å². The maximum absolute atomic E-state index is 6.99. The number of nitrogens with zero attached hydrogens (tertiary/aromatic N) is 2. The van der Waals surface area contributed by atoms with Gasteiger partial charge in [0.25, 0.3) is 0 Å². The highest BCUT2D eigenvalue weighted by atomic mass is 16.3. The Kier molecular flexibility index (Phi) is 5.63. The normalized spacial score (nSPS) is 12.0. The van der Waals surface area contributed by atoms with E-state index in [4.69, 9.17) is 8.83 Å². The Bertz CT molecular complexity index is 3110. The number of rotatable bonds is 4. The predicted molar refractivity (Wildman–Crippen MR) is 208 cm³/mol. The zero-order valence-corrected chi connectivity index (χ0v) is 26.9. The number of furan rings is 2. The monoisotopic (exact) mass is 640 g/mol. The standard InChI is InChI=1S/C46H28N2O2/c1-2-14-30(15-3-1)47-37-21-8-6-18-36(37)43-38(47)22-12-23-39(43)48(40-24-10-19-33-32-17-7-9-26-42(32)49-45(33)40)41-25-11-20-34-35-28-27-29-13-4-5-16-31(29)44(35)50-46(34)41/h1-28H. The molecule has 11 aromatic rings. The van der Waals surface area contributed by atoms with Gasteiger partial charge in [0, 0.05) is 43.4 Å². The first kappa shape index (κ1) is 27.2. The van der Waals surface area contributed by atoms with Crippen LogP contribution >= 0.6 is 0 Å². The fourth-order valence-electron chi connectivity index (χ4n) is 8.03. The van der Waals surface area contributed by atoms with Crippen molar-refractivity contribution in [2.75, 3.05) is 4.90 Å². The maximum atomic E-state index is 6.99. The molecule has 0 aliphatic heterocycles. The Balaban J connectivity index is 1.30. The second-order valence-electron chi connectivity index (χ2n) is 12.9. The van der Waals surface area contributed by atoms with Gasteiger partial charge in [0.05, 0.1) is 28.1 Å². The van der Waals surface area contributed by atoms with Crippen molar-refractivity contribution >= 4 is 93.5 Å². The molecule has 50 heavy (non-hydrogen) atoms. The van der Waals surface area contributed by atoms with Crippen molar-refractivity contribution in [3.8, 4) is 5.69 Å². The van der Waals surface area contributed by atoms with Crippen LogP contribution in [0.4, 0.5) is 17.1 Å². The summed E-state index contributed by atoms with van der Waals surface area (Å²) in [5.74, 6) is 0. The summed E-state index contributed by atoms with van der Waals surface area (Å²) in [6.07, 6.45) is 0. The summed E-state index contributed by atoms with van der Waals surface area (Å²) in [5, 5.41) is 8.92. The van der Waals surface area contributed by atoms with Crippen molar-refractivity contribution in [1.29, 1.82) is 0 Å². The van der Waals surface area contributed by atoms with Crippen molar-refractivity contribution in [2.24, 2.45) is 0 Å². The number of anilines is 3. The molecule has 234 valence electrons. The molecule has 3 aromatic heterocycles. The Morgan fingerprint density at radius 1 is 0.360 bits per heavy atom. The van der Waals surface area contributed by atoms with E-state index in [9.17, 15) is 0 Å². The van der Waals surface area contributed by atoms with Crippen LogP contribution in [-0.4, -0.2) is 4.57 Å². The number of hydrogen-bond donors (Lipinski definition) is 0. The fraction of sp³-hybridized carbons (Fsp3) is 0. The highest BCUT2D eigenvalue weighted by Crippen LogP contribution is 2.49. The Hall–Kier alpha value is -6.78. The van der Waals surface area contributed by atoms with Gasteiger partial charge in [-0.3, -0.25) is 0 Å². The molecular formula is C46H28N2O2.